The van der Waals surface area contributed by atoms with E-state index in [0.717, 1.165) is 24.3 Å². The van der Waals surface area contributed by atoms with Gasteiger partial charge in [-0.05, 0) is 35.4 Å². The van der Waals surface area contributed by atoms with Gasteiger partial charge >= 0.3 is 5.97 Å². The fourth-order valence-corrected chi connectivity index (χ4v) is 8.73. The van der Waals surface area contributed by atoms with E-state index in [1.54, 1.807) is 0 Å². The van der Waals surface area contributed by atoms with Gasteiger partial charge in [0.05, 0.1) is 24.2 Å². The normalized spacial score (nSPS) is 33.5. The zero-order valence-electron chi connectivity index (χ0n) is 32.9. The molecule has 2 fully saturated rings. The zero-order chi connectivity index (χ0) is 46.2. The Morgan fingerprint density at radius 3 is 1.88 bits per heavy atom. The number of rotatable bonds is 8. The van der Waals surface area contributed by atoms with Crippen LogP contribution >= 0.6 is 0 Å². The highest BCUT2D eigenvalue weighted by molar-refractivity contribution is 5.73. The Hall–Kier alpha value is -5.89. The van der Waals surface area contributed by atoms with Crippen molar-refractivity contribution in [2.24, 2.45) is 0 Å². The molecule has 4 aliphatic rings. The Balaban J connectivity index is 1.25. The maximum absolute atomic E-state index is 12.4. The van der Waals surface area contributed by atoms with Crippen LogP contribution in [-0.2, 0) is 20.7 Å². The molecule has 22 heteroatoms. The predicted molar refractivity (Wildman–Crippen MR) is 208 cm³/mol. The Labute approximate surface area is 360 Å². The molecule has 15 atom stereocenters. The van der Waals surface area contributed by atoms with Gasteiger partial charge in [0.1, 0.15) is 101 Å². The first-order chi connectivity index (χ1) is 30.3. The number of fused-ring (bicyclic) bond motifs is 2. The third kappa shape index (κ3) is 7.46. The summed E-state index contributed by atoms with van der Waals surface area (Å²) in [5.41, 5.74) is -1.25. The van der Waals surface area contributed by atoms with Gasteiger partial charge in [-0.2, -0.15) is 0 Å². The van der Waals surface area contributed by atoms with E-state index in [9.17, 15) is 86.5 Å². The first-order valence-corrected chi connectivity index (χ1v) is 19.7. The summed E-state index contributed by atoms with van der Waals surface area (Å²) in [5.74, 6) is -8.54. The molecular weight excluding hydrogens is 856 g/mol. The average molecular weight is 901 g/mol. The summed E-state index contributed by atoms with van der Waals surface area (Å²) in [6, 6.07) is 10.5. The number of benzene rings is 4. The molecule has 22 nitrogen and oxygen atoms in total. The molecule has 4 aromatic rings. The highest BCUT2D eigenvalue weighted by Crippen LogP contribution is 2.60. The van der Waals surface area contributed by atoms with Crippen molar-refractivity contribution in [2.75, 3.05) is 6.61 Å². The van der Waals surface area contributed by atoms with Crippen molar-refractivity contribution in [3.8, 4) is 51.7 Å². The number of aliphatic hydroxyl groups is 9. The van der Waals surface area contributed by atoms with Gasteiger partial charge in [-0.15, -0.1) is 0 Å². The lowest BCUT2D eigenvalue weighted by Gasteiger charge is -2.44. The van der Waals surface area contributed by atoms with Gasteiger partial charge in [0.2, 0.25) is 6.29 Å². The van der Waals surface area contributed by atoms with Crippen molar-refractivity contribution in [1.82, 2.24) is 0 Å². The summed E-state index contributed by atoms with van der Waals surface area (Å²) >= 11 is 0. The van der Waals surface area contributed by atoms with Crippen LogP contribution in [0.2, 0.25) is 0 Å². The summed E-state index contributed by atoms with van der Waals surface area (Å²) in [5, 5.41) is 173. The Morgan fingerprint density at radius 2 is 1.20 bits per heavy atom. The molecule has 0 spiro atoms. The largest absolute Gasteiger partial charge is 0.507 e. The lowest BCUT2D eigenvalue weighted by molar-refractivity contribution is -0.271. The molecular formula is C42H44O22. The Morgan fingerprint density at radius 1 is 0.578 bits per heavy atom. The van der Waals surface area contributed by atoms with Gasteiger partial charge in [-0.3, -0.25) is 0 Å². The maximum atomic E-state index is 12.4. The van der Waals surface area contributed by atoms with Crippen LogP contribution in [-0.4, -0.2) is 162 Å². The number of carbonyl (C=O) groups is 1. The second-order valence-corrected chi connectivity index (χ2v) is 15.9. The monoisotopic (exact) mass is 900 g/mol. The van der Waals surface area contributed by atoms with Crippen LogP contribution < -0.4 is 14.2 Å². The molecule has 16 N–H and O–H groups in total. The smallest absolute Gasteiger partial charge is 0.335 e. The van der Waals surface area contributed by atoms with Gasteiger partial charge in [0.25, 0.3) is 0 Å². The molecule has 4 aliphatic heterocycles. The molecule has 0 amide bonds. The van der Waals surface area contributed by atoms with Gasteiger partial charge in [-0.1, -0.05) is 18.2 Å². The molecule has 8 rings (SSSR count). The average Bonchev–Trinajstić information content (AvgIpc) is 3.25. The van der Waals surface area contributed by atoms with E-state index >= 15 is 0 Å². The Bertz CT molecular complexity index is 2430. The number of ether oxygens (including phenoxy) is 5. The summed E-state index contributed by atoms with van der Waals surface area (Å²) in [6.45, 7) is -0.873. The SMILES string of the molecule is O=C(O)C1OC(Oc2cccc(C3Oc4c(c(O)cc(O)c4C4c5c(O)cc(O)c(C6OC(CO)C(O)C(O)C6O)c5OC(c5ccc(O)c(O)c5)C4O)CC3O)c2)C(O)C(O)C1O. The standard InChI is InChI=1S/C42H44O22/c43-11-23-28(51)30(53)32(55)39(61-23)26-21(49)10-20(48)25-27(29(52)36(63-38(25)26)13-4-5-16(44)18(46)7-13)24-19(47)9-17(45)15-8-22(50)35(62-37(15)24)12-2-1-3-14(6-12)60-42-34(57)31(54)33(56)40(64-42)41(58)59/h1-7,9-10,22-23,27-36,39-40,42-57H,8,11H2,(H,58,59). The molecule has 2 saturated heterocycles. The number of phenolic OH excluding ortho intramolecular Hbond substituents is 6. The topological polar surface area (TPSA) is 387 Å². The van der Waals surface area contributed by atoms with Crippen molar-refractivity contribution in [2.45, 2.75) is 98.0 Å². The summed E-state index contributed by atoms with van der Waals surface area (Å²) in [6.07, 6.45) is -25.7. The van der Waals surface area contributed by atoms with Gasteiger partial charge in [-0.25, -0.2) is 4.79 Å². The summed E-state index contributed by atoms with van der Waals surface area (Å²) < 4.78 is 29.3. The molecule has 4 aromatic carbocycles. The highest BCUT2D eigenvalue weighted by Gasteiger charge is 2.52. The van der Waals surface area contributed by atoms with Crippen molar-refractivity contribution < 1.29 is 110 Å². The lowest BCUT2D eigenvalue weighted by Crippen LogP contribution is -2.61. The minimum absolute atomic E-state index is 0.0389. The lowest BCUT2D eigenvalue weighted by atomic mass is 9.76. The predicted octanol–water partition coefficient (Wildman–Crippen LogP) is -1.63. The number of carboxylic acid groups (broad SMARTS) is 1. The molecule has 0 saturated carbocycles. The maximum Gasteiger partial charge on any atom is 0.335 e. The van der Waals surface area contributed by atoms with E-state index in [4.69, 9.17) is 23.7 Å². The van der Waals surface area contributed by atoms with Crippen LogP contribution in [0.15, 0.2) is 54.6 Å². The first kappa shape index (κ1) is 44.7. The van der Waals surface area contributed by atoms with Crippen LogP contribution in [0.3, 0.4) is 0 Å². The van der Waals surface area contributed by atoms with E-state index in [2.05, 4.69) is 0 Å². The molecule has 344 valence electrons. The number of phenols is 6. The number of hydrogen-bond donors (Lipinski definition) is 16. The number of hydrogen-bond acceptors (Lipinski definition) is 21. The molecule has 4 heterocycles. The van der Waals surface area contributed by atoms with E-state index in [1.807, 2.05) is 0 Å². The third-order valence-corrected chi connectivity index (χ3v) is 12.0. The van der Waals surface area contributed by atoms with E-state index in [-0.39, 0.29) is 33.8 Å². The number of aliphatic carboxylic acids is 1. The molecule has 0 aliphatic carbocycles. The van der Waals surface area contributed by atoms with Crippen molar-refractivity contribution in [3.63, 3.8) is 0 Å². The fourth-order valence-electron chi connectivity index (χ4n) is 8.73. The van der Waals surface area contributed by atoms with E-state index < -0.39 is 162 Å². The van der Waals surface area contributed by atoms with Gasteiger partial charge in [0.15, 0.2) is 23.7 Å². The van der Waals surface area contributed by atoms with Crippen molar-refractivity contribution in [3.05, 3.63) is 88.0 Å². The third-order valence-electron chi connectivity index (χ3n) is 12.0. The van der Waals surface area contributed by atoms with Crippen molar-refractivity contribution >= 4 is 5.97 Å². The minimum Gasteiger partial charge on any atom is -0.507 e. The second-order valence-electron chi connectivity index (χ2n) is 15.9. The van der Waals surface area contributed by atoms with Gasteiger partial charge < -0.3 is 105 Å². The van der Waals surface area contributed by atoms with E-state index in [1.165, 1.54) is 30.3 Å². The molecule has 15 unspecified atom stereocenters. The quantitative estimate of drug-likeness (QED) is 0.0883. The number of aliphatic hydroxyl groups excluding tert-OH is 9. The van der Waals surface area contributed by atoms with Crippen LogP contribution in [0.4, 0.5) is 0 Å². The van der Waals surface area contributed by atoms with Crippen LogP contribution in [0.25, 0.3) is 0 Å². The second kappa shape index (κ2) is 16.9. The number of aromatic hydroxyl groups is 6. The van der Waals surface area contributed by atoms with Crippen molar-refractivity contribution in [1.29, 1.82) is 0 Å². The van der Waals surface area contributed by atoms with Gasteiger partial charge in [0, 0.05) is 35.2 Å². The highest BCUT2D eigenvalue weighted by atomic mass is 16.7. The Kier molecular flexibility index (Phi) is 11.8. The van der Waals surface area contributed by atoms with E-state index in [0.29, 0.717) is 0 Å². The molecule has 0 bridgehead atoms. The van der Waals surface area contributed by atoms with Crippen LogP contribution in [0, 0.1) is 0 Å². The molecule has 64 heavy (non-hydrogen) atoms. The zero-order valence-corrected chi connectivity index (χ0v) is 32.9. The summed E-state index contributed by atoms with van der Waals surface area (Å²) in [7, 11) is 0. The first-order valence-electron chi connectivity index (χ1n) is 19.7. The molecule has 0 aromatic heterocycles. The minimum atomic E-state index is -2.02. The molecule has 0 radical (unpaired) electrons. The number of carboxylic acids is 1. The fraction of sp³-hybridized carbons (Fsp3) is 0.405. The van der Waals surface area contributed by atoms with Crippen LogP contribution in [0.5, 0.6) is 51.7 Å². The van der Waals surface area contributed by atoms with Crippen LogP contribution in [0.1, 0.15) is 57.6 Å². The summed E-state index contributed by atoms with van der Waals surface area (Å²) in [4.78, 5) is 11.7.